The Labute approximate surface area is 236 Å². The lowest BCUT2D eigenvalue weighted by atomic mass is 9.90. The van der Waals surface area contributed by atoms with Crippen molar-refractivity contribution in [2.24, 2.45) is 11.8 Å². The molecule has 10 heteroatoms. The summed E-state index contributed by atoms with van der Waals surface area (Å²) >= 11 is 0. The minimum Gasteiger partial charge on any atom is -0.495 e. The van der Waals surface area contributed by atoms with E-state index in [2.05, 4.69) is 32.8 Å². The first-order valence-corrected chi connectivity index (χ1v) is 14.9. The zero-order valence-electron chi connectivity index (χ0n) is 23.8. The van der Waals surface area contributed by atoms with Crippen LogP contribution in [-0.2, 0) is 4.79 Å². The van der Waals surface area contributed by atoms with Crippen LogP contribution < -0.4 is 30.5 Å². The number of nitrogens with one attached hydrogen (secondary N) is 3. The number of piperidine rings is 1. The summed E-state index contributed by atoms with van der Waals surface area (Å²) in [5, 5.41) is 10.0. The number of rotatable bonds is 7. The molecule has 3 fully saturated rings. The van der Waals surface area contributed by atoms with Crippen LogP contribution in [0.2, 0.25) is 0 Å². The second kappa shape index (κ2) is 11.2. The zero-order valence-corrected chi connectivity index (χ0v) is 23.8. The predicted octanol–water partition coefficient (Wildman–Crippen LogP) is 3.85. The van der Waals surface area contributed by atoms with Gasteiger partial charge < -0.3 is 30.5 Å². The summed E-state index contributed by atoms with van der Waals surface area (Å²) in [7, 11) is 3.40. The molecular weight excluding hydrogens is 506 g/mol. The summed E-state index contributed by atoms with van der Waals surface area (Å²) in [6.07, 6.45) is 10.2. The maximum absolute atomic E-state index is 13.2. The van der Waals surface area contributed by atoms with E-state index in [1.54, 1.807) is 31.3 Å². The maximum atomic E-state index is 13.2. The molecule has 10 nitrogen and oxygen atoms in total. The summed E-state index contributed by atoms with van der Waals surface area (Å²) in [5.74, 6) is 3.15. The van der Waals surface area contributed by atoms with E-state index in [0.29, 0.717) is 40.8 Å². The third kappa shape index (κ3) is 4.98. The smallest absolute Gasteiger partial charge is 0.251 e. The fourth-order valence-electron chi connectivity index (χ4n) is 7.28. The maximum Gasteiger partial charge on any atom is 0.251 e. The molecule has 2 aliphatic carbocycles. The van der Waals surface area contributed by atoms with E-state index in [1.165, 1.54) is 19.3 Å². The molecule has 1 aromatic carbocycles. The first kappa shape index (κ1) is 26.8. The summed E-state index contributed by atoms with van der Waals surface area (Å²) in [6.45, 7) is 4.19. The van der Waals surface area contributed by atoms with Crippen molar-refractivity contribution < 1.29 is 14.3 Å². The number of nitrogens with zero attached hydrogens (tertiary/aromatic N) is 4. The lowest BCUT2D eigenvalue weighted by Crippen LogP contribution is -2.55. The van der Waals surface area contributed by atoms with Gasteiger partial charge in [-0.1, -0.05) is 19.8 Å². The number of fused-ring (bicyclic) bond motifs is 2. The van der Waals surface area contributed by atoms with Crippen molar-refractivity contribution in [3.8, 4) is 5.75 Å². The molecule has 0 radical (unpaired) electrons. The highest BCUT2D eigenvalue weighted by Crippen LogP contribution is 2.40. The molecule has 1 saturated heterocycles. The number of carbonyl (C=O) groups is 2. The number of anilines is 4. The van der Waals surface area contributed by atoms with Gasteiger partial charge in [0.15, 0.2) is 5.82 Å². The zero-order chi connectivity index (χ0) is 27.8. The Morgan fingerprint density at radius 3 is 2.73 bits per heavy atom. The van der Waals surface area contributed by atoms with Crippen LogP contribution in [0, 0.1) is 11.8 Å². The lowest BCUT2D eigenvalue weighted by Gasteiger charge is -2.43. The summed E-state index contributed by atoms with van der Waals surface area (Å²) in [5.41, 5.74) is 1.98. The van der Waals surface area contributed by atoms with Crippen LogP contribution in [-0.4, -0.2) is 67.2 Å². The number of likely N-dealkylation sites (N-methyl/N-ethyl adjacent to an activating group) is 1. The van der Waals surface area contributed by atoms with Crippen LogP contribution >= 0.6 is 0 Å². The first-order valence-electron chi connectivity index (χ1n) is 14.9. The van der Waals surface area contributed by atoms with Gasteiger partial charge in [0, 0.05) is 24.7 Å². The van der Waals surface area contributed by atoms with Crippen molar-refractivity contribution in [2.75, 3.05) is 42.4 Å². The lowest BCUT2D eigenvalue weighted by molar-refractivity contribution is -0.120. The van der Waals surface area contributed by atoms with E-state index in [4.69, 9.17) is 9.72 Å². The second-order valence-corrected chi connectivity index (χ2v) is 11.8. The molecule has 2 aromatic rings. The molecule has 0 unspecified atom stereocenters. The number of aromatic nitrogens is 2. The van der Waals surface area contributed by atoms with Crippen LogP contribution in [0.5, 0.6) is 5.75 Å². The van der Waals surface area contributed by atoms with Gasteiger partial charge >= 0.3 is 0 Å². The standard InChI is InChI=1S/C30H41N7O3/c1-4-24-29(39)36(2)25-17-32-30(35-27(25)37(24)22-7-5-6-8-22)34-23-10-9-19(15-26(23)40-3)28(38)33-21-13-18-11-12-31-16-20(18)14-21/h9-10,15,17-18,20-22,24,31H,4-8,11-14,16H2,1-3H3,(H,33,38)(H,32,34,35)/t18-,20-,21-,24-/m1/s1. The number of hydrogen-bond donors (Lipinski definition) is 3. The number of hydrogen-bond acceptors (Lipinski definition) is 8. The van der Waals surface area contributed by atoms with E-state index < -0.39 is 0 Å². The Bertz CT molecular complexity index is 1250. The molecule has 3 heterocycles. The summed E-state index contributed by atoms with van der Waals surface area (Å²) < 4.78 is 5.67. The van der Waals surface area contributed by atoms with E-state index >= 15 is 0 Å². The molecule has 214 valence electrons. The van der Waals surface area contributed by atoms with Crippen LogP contribution in [0.4, 0.5) is 23.1 Å². The Morgan fingerprint density at radius 1 is 1.18 bits per heavy atom. The third-order valence-electron chi connectivity index (χ3n) is 9.40. The number of ether oxygens (including phenoxy) is 1. The van der Waals surface area contributed by atoms with Crippen LogP contribution in [0.25, 0.3) is 0 Å². The van der Waals surface area contributed by atoms with Gasteiger partial charge in [-0.3, -0.25) is 9.59 Å². The number of methoxy groups -OCH3 is 1. The predicted molar refractivity (Wildman–Crippen MR) is 155 cm³/mol. The number of amides is 2. The van der Waals surface area contributed by atoms with Crippen molar-refractivity contribution in [3.05, 3.63) is 30.0 Å². The molecule has 0 bridgehead atoms. The van der Waals surface area contributed by atoms with Gasteiger partial charge in [-0.25, -0.2) is 4.98 Å². The molecule has 4 atom stereocenters. The highest BCUT2D eigenvalue weighted by molar-refractivity contribution is 6.04. The molecule has 2 saturated carbocycles. The highest BCUT2D eigenvalue weighted by atomic mass is 16.5. The molecule has 1 aromatic heterocycles. The first-order chi connectivity index (χ1) is 19.5. The van der Waals surface area contributed by atoms with E-state index in [-0.39, 0.29) is 23.9 Å². The minimum atomic E-state index is -0.226. The van der Waals surface area contributed by atoms with Crippen molar-refractivity contribution in [3.63, 3.8) is 0 Å². The van der Waals surface area contributed by atoms with Gasteiger partial charge in [-0.2, -0.15) is 4.98 Å². The van der Waals surface area contributed by atoms with Gasteiger partial charge in [0.2, 0.25) is 11.9 Å². The van der Waals surface area contributed by atoms with Gasteiger partial charge in [0.25, 0.3) is 5.91 Å². The van der Waals surface area contributed by atoms with Gasteiger partial charge in [0.1, 0.15) is 17.5 Å². The largest absolute Gasteiger partial charge is 0.495 e. The molecule has 6 rings (SSSR count). The van der Waals surface area contributed by atoms with Crippen molar-refractivity contribution in [1.82, 2.24) is 20.6 Å². The molecule has 4 aliphatic rings. The molecule has 3 N–H and O–H groups in total. The topological polar surface area (TPSA) is 112 Å². The van der Waals surface area contributed by atoms with Crippen molar-refractivity contribution in [2.45, 2.75) is 76.4 Å². The molecule has 40 heavy (non-hydrogen) atoms. The average Bonchev–Trinajstić information content (AvgIpc) is 3.65. The van der Waals surface area contributed by atoms with Crippen molar-refractivity contribution >= 4 is 35.0 Å². The summed E-state index contributed by atoms with van der Waals surface area (Å²) in [6, 6.07) is 5.71. The molecule has 0 spiro atoms. The summed E-state index contributed by atoms with van der Waals surface area (Å²) in [4.78, 5) is 39.7. The minimum absolute atomic E-state index is 0.0722. The molecular formula is C30H41N7O3. The van der Waals surface area contributed by atoms with Crippen LogP contribution in [0.3, 0.4) is 0 Å². The monoisotopic (exact) mass is 547 g/mol. The average molecular weight is 548 g/mol. The Balaban J connectivity index is 1.21. The highest BCUT2D eigenvalue weighted by Gasteiger charge is 2.41. The van der Waals surface area contributed by atoms with Gasteiger partial charge in [-0.05, 0) is 81.6 Å². The molecule has 2 amide bonds. The van der Waals surface area contributed by atoms with E-state index in [9.17, 15) is 9.59 Å². The number of carbonyl (C=O) groups excluding carboxylic acids is 2. The van der Waals surface area contributed by atoms with Crippen molar-refractivity contribution in [1.29, 1.82) is 0 Å². The van der Waals surface area contributed by atoms with Gasteiger partial charge in [0.05, 0.1) is 19.0 Å². The quantitative estimate of drug-likeness (QED) is 0.479. The number of benzene rings is 1. The Morgan fingerprint density at radius 2 is 1.98 bits per heavy atom. The fraction of sp³-hybridized carbons (Fsp3) is 0.600. The van der Waals surface area contributed by atoms with Crippen LogP contribution in [0.15, 0.2) is 24.4 Å². The normalized spacial score (nSPS) is 26.4. The Hall–Kier alpha value is -3.40. The fourth-order valence-corrected chi connectivity index (χ4v) is 7.28. The van der Waals surface area contributed by atoms with Crippen LogP contribution in [0.1, 0.15) is 68.6 Å². The van der Waals surface area contributed by atoms with E-state index in [1.807, 2.05) is 12.1 Å². The Kier molecular flexibility index (Phi) is 7.53. The third-order valence-corrected chi connectivity index (χ3v) is 9.40. The SMILES string of the molecule is CC[C@@H]1C(=O)N(C)c2cnc(Nc3ccc(C(=O)N[C@@H]4C[C@H]5CCNC[C@H]5C4)cc3OC)nc2N1C1CCCC1. The second-order valence-electron chi connectivity index (χ2n) is 11.8. The van der Waals surface area contributed by atoms with Gasteiger partial charge in [-0.15, -0.1) is 0 Å². The van der Waals surface area contributed by atoms with E-state index in [0.717, 1.165) is 56.7 Å². The molecule has 2 aliphatic heterocycles.